The van der Waals surface area contributed by atoms with Crippen molar-refractivity contribution in [3.8, 4) is 11.3 Å². The minimum atomic E-state index is -0.590. The second-order valence-corrected chi connectivity index (χ2v) is 9.38. The summed E-state index contributed by atoms with van der Waals surface area (Å²) in [6, 6.07) is 7.12. The number of para-hydroxylation sites is 1. The number of amides is 2. The molecule has 1 aromatic carbocycles. The molecule has 2 amide bonds. The number of hydrogen-bond acceptors (Lipinski definition) is 5. The highest BCUT2D eigenvalue weighted by Crippen LogP contribution is 2.33. The molecule has 29 heavy (non-hydrogen) atoms. The Hall–Kier alpha value is -2.48. The predicted molar refractivity (Wildman–Crippen MR) is 113 cm³/mol. The minimum absolute atomic E-state index is 0.193. The van der Waals surface area contributed by atoms with Crippen molar-refractivity contribution in [2.75, 3.05) is 17.6 Å². The molecular formula is C21H26N4O3S. The van der Waals surface area contributed by atoms with Gasteiger partial charge in [0.1, 0.15) is 11.6 Å². The second-order valence-electron chi connectivity index (χ2n) is 8.32. The third kappa shape index (κ3) is 4.27. The van der Waals surface area contributed by atoms with Crippen LogP contribution < -0.4 is 5.32 Å². The molecule has 1 aromatic heterocycles. The Labute approximate surface area is 174 Å². The van der Waals surface area contributed by atoms with Crippen LogP contribution >= 0.6 is 11.8 Å². The summed E-state index contributed by atoms with van der Waals surface area (Å²) in [5.41, 5.74) is 1.84. The number of aromatic nitrogens is 2. The lowest BCUT2D eigenvalue weighted by molar-refractivity contribution is -0.120. The van der Waals surface area contributed by atoms with Crippen molar-refractivity contribution in [2.45, 2.75) is 57.0 Å². The molecule has 1 fully saturated rings. The van der Waals surface area contributed by atoms with E-state index in [1.165, 1.54) is 4.90 Å². The van der Waals surface area contributed by atoms with Crippen molar-refractivity contribution in [2.24, 2.45) is 0 Å². The van der Waals surface area contributed by atoms with E-state index in [-0.39, 0.29) is 5.91 Å². The number of likely N-dealkylation sites (tertiary alicyclic amines) is 1. The Balaban J connectivity index is 1.52. The molecule has 4 rings (SSSR count). The van der Waals surface area contributed by atoms with Gasteiger partial charge in [0, 0.05) is 30.6 Å². The molecule has 2 aliphatic heterocycles. The number of thioether (sulfide) groups is 1. The van der Waals surface area contributed by atoms with Gasteiger partial charge in [-0.05, 0) is 39.7 Å². The molecular weight excluding hydrogens is 388 g/mol. The predicted octanol–water partition coefficient (Wildman–Crippen LogP) is 3.99. The van der Waals surface area contributed by atoms with Crippen molar-refractivity contribution in [3.05, 3.63) is 30.5 Å². The summed E-state index contributed by atoms with van der Waals surface area (Å²) in [6.45, 7) is 6.96. The van der Waals surface area contributed by atoms with E-state index in [0.717, 1.165) is 35.1 Å². The van der Waals surface area contributed by atoms with Crippen molar-refractivity contribution >= 4 is 29.4 Å². The number of aryl methyl sites for hydroxylation is 1. The maximum atomic E-state index is 13.0. The second kappa shape index (κ2) is 7.74. The van der Waals surface area contributed by atoms with Gasteiger partial charge in [-0.3, -0.25) is 9.69 Å². The van der Waals surface area contributed by atoms with E-state index in [1.54, 1.807) is 11.8 Å². The number of ether oxygens (including phenoxy) is 1. The average molecular weight is 415 g/mol. The molecule has 0 saturated carbocycles. The van der Waals surface area contributed by atoms with Crippen LogP contribution in [0.15, 0.2) is 35.6 Å². The molecule has 0 aliphatic carbocycles. The fourth-order valence-corrected chi connectivity index (χ4v) is 4.59. The van der Waals surface area contributed by atoms with Gasteiger partial charge in [0.15, 0.2) is 5.16 Å². The number of anilines is 1. The van der Waals surface area contributed by atoms with Crippen LogP contribution in [0, 0.1) is 0 Å². The average Bonchev–Trinajstić information content (AvgIpc) is 3.36. The van der Waals surface area contributed by atoms with Crippen LogP contribution in [0.1, 0.15) is 33.6 Å². The van der Waals surface area contributed by atoms with Crippen LogP contribution in [0.4, 0.5) is 10.5 Å². The minimum Gasteiger partial charge on any atom is -0.444 e. The van der Waals surface area contributed by atoms with Gasteiger partial charge in [-0.25, -0.2) is 9.78 Å². The number of nitrogens with zero attached hydrogens (tertiary/aromatic N) is 3. The topological polar surface area (TPSA) is 76.5 Å². The Bertz CT molecular complexity index is 913. The summed E-state index contributed by atoms with van der Waals surface area (Å²) in [5, 5.41) is 4.03. The lowest BCUT2D eigenvalue weighted by Crippen LogP contribution is -2.45. The maximum Gasteiger partial charge on any atom is 0.410 e. The van der Waals surface area contributed by atoms with Gasteiger partial charge >= 0.3 is 6.09 Å². The van der Waals surface area contributed by atoms with E-state index in [1.807, 2.05) is 51.2 Å². The molecule has 1 atom stereocenters. The van der Waals surface area contributed by atoms with E-state index < -0.39 is 17.7 Å². The summed E-state index contributed by atoms with van der Waals surface area (Å²) in [5.74, 6) is 0.852. The third-order valence-electron chi connectivity index (χ3n) is 4.95. The first kappa shape index (κ1) is 19.8. The molecule has 2 aliphatic rings. The van der Waals surface area contributed by atoms with E-state index in [4.69, 9.17) is 9.72 Å². The van der Waals surface area contributed by atoms with Crippen molar-refractivity contribution < 1.29 is 14.3 Å². The number of rotatable bonds is 3. The lowest BCUT2D eigenvalue weighted by Gasteiger charge is -2.28. The van der Waals surface area contributed by atoms with E-state index in [0.29, 0.717) is 18.7 Å². The summed E-state index contributed by atoms with van der Waals surface area (Å²) >= 11 is 1.74. The molecule has 0 spiro atoms. The zero-order valence-electron chi connectivity index (χ0n) is 17.0. The molecule has 154 valence electrons. The van der Waals surface area contributed by atoms with Gasteiger partial charge < -0.3 is 14.6 Å². The first-order chi connectivity index (χ1) is 13.8. The number of imidazole rings is 1. The monoisotopic (exact) mass is 414 g/mol. The van der Waals surface area contributed by atoms with Crippen LogP contribution in [-0.2, 0) is 16.1 Å². The van der Waals surface area contributed by atoms with Gasteiger partial charge in [-0.15, -0.1) is 0 Å². The van der Waals surface area contributed by atoms with Crippen LogP contribution in [0.2, 0.25) is 0 Å². The van der Waals surface area contributed by atoms with Crippen LogP contribution in [0.5, 0.6) is 0 Å². The normalized spacial score (nSPS) is 18.6. The molecule has 1 unspecified atom stereocenters. The van der Waals surface area contributed by atoms with Crippen LogP contribution in [0.3, 0.4) is 0 Å². The van der Waals surface area contributed by atoms with Gasteiger partial charge in [0.05, 0.1) is 11.4 Å². The Morgan fingerprint density at radius 3 is 2.79 bits per heavy atom. The molecule has 1 saturated heterocycles. The van der Waals surface area contributed by atoms with Crippen LogP contribution in [0.25, 0.3) is 11.3 Å². The number of carbonyl (C=O) groups excluding carboxylic acids is 2. The molecule has 2 aromatic rings. The molecule has 1 N–H and O–H groups in total. The maximum absolute atomic E-state index is 13.0. The quantitative estimate of drug-likeness (QED) is 0.822. The Kier molecular flexibility index (Phi) is 5.29. The fourth-order valence-electron chi connectivity index (χ4n) is 3.65. The Morgan fingerprint density at radius 2 is 2.03 bits per heavy atom. The standard InChI is InChI=1S/C21H26N4O3S/c1-21(2,3)28-20(27)25-10-6-9-17(25)18(26)22-15-8-5-4-7-14(15)16-13-24-11-12-29-19(24)23-16/h4-5,7-8,13,17H,6,9-12H2,1-3H3,(H,22,26). The number of fused-ring (bicyclic) bond motifs is 1. The van der Waals surface area contributed by atoms with Crippen molar-refractivity contribution in [1.82, 2.24) is 14.5 Å². The van der Waals surface area contributed by atoms with Gasteiger partial charge in [-0.1, -0.05) is 30.0 Å². The van der Waals surface area contributed by atoms with Gasteiger partial charge in [0.2, 0.25) is 5.91 Å². The smallest absolute Gasteiger partial charge is 0.410 e. The molecule has 7 nitrogen and oxygen atoms in total. The largest absolute Gasteiger partial charge is 0.444 e. The SMILES string of the molecule is CC(C)(C)OC(=O)N1CCCC1C(=O)Nc1ccccc1-c1cn2c(n1)SCC2. The van der Waals surface area contributed by atoms with Crippen LogP contribution in [-0.4, -0.2) is 50.4 Å². The zero-order valence-corrected chi connectivity index (χ0v) is 17.8. The zero-order chi connectivity index (χ0) is 20.6. The molecule has 3 heterocycles. The van der Waals surface area contributed by atoms with E-state index in [2.05, 4.69) is 9.88 Å². The van der Waals surface area contributed by atoms with Gasteiger partial charge in [0.25, 0.3) is 0 Å². The third-order valence-corrected chi connectivity index (χ3v) is 5.92. The molecule has 0 radical (unpaired) electrons. The summed E-state index contributed by atoms with van der Waals surface area (Å²) in [4.78, 5) is 31.8. The number of hydrogen-bond donors (Lipinski definition) is 1. The molecule has 8 heteroatoms. The fraction of sp³-hybridized carbons (Fsp3) is 0.476. The summed E-state index contributed by atoms with van der Waals surface area (Å²) in [6.07, 6.45) is 3.00. The Morgan fingerprint density at radius 1 is 1.24 bits per heavy atom. The number of benzene rings is 1. The lowest BCUT2D eigenvalue weighted by atomic mass is 10.1. The molecule has 0 bridgehead atoms. The van der Waals surface area contributed by atoms with Gasteiger partial charge in [-0.2, -0.15) is 0 Å². The van der Waals surface area contributed by atoms with Crippen molar-refractivity contribution in [1.29, 1.82) is 0 Å². The number of carbonyl (C=O) groups is 2. The first-order valence-electron chi connectivity index (χ1n) is 9.92. The first-order valence-corrected chi connectivity index (χ1v) is 10.9. The summed E-state index contributed by atoms with van der Waals surface area (Å²) < 4.78 is 7.61. The highest BCUT2D eigenvalue weighted by atomic mass is 32.2. The van der Waals surface area contributed by atoms with E-state index in [9.17, 15) is 9.59 Å². The van der Waals surface area contributed by atoms with E-state index >= 15 is 0 Å². The highest BCUT2D eigenvalue weighted by Gasteiger charge is 2.36. The van der Waals surface area contributed by atoms with Crippen molar-refractivity contribution in [3.63, 3.8) is 0 Å². The number of nitrogens with one attached hydrogen (secondary N) is 1. The highest BCUT2D eigenvalue weighted by molar-refractivity contribution is 7.99. The summed E-state index contributed by atoms with van der Waals surface area (Å²) in [7, 11) is 0.